The van der Waals surface area contributed by atoms with Crippen molar-refractivity contribution in [2.45, 2.75) is 44.8 Å². The van der Waals surface area contributed by atoms with Crippen molar-refractivity contribution in [2.75, 3.05) is 0 Å². The van der Waals surface area contributed by atoms with E-state index in [1.165, 1.54) is 11.6 Å². The van der Waals surface area contributed by atoms with Crippen molar-refractivity contribution in [1.82, 2.24) is 0 Å². The fourth-order valence-electron chi connectivity index (χ4n) is 3.17. The normalized spacial score (nSPS) is 20.3. The molecule has 27 heavy (non-hydrogen) atoms. The van der Waals surface area contributed by atoms with E-state index >= 15 is 0 Å². The first-order valence-corrected chi connectivity index (χ1v) is 9.06. The first-order valence-electron chi connectivity index (χ1n) is 9.06. The second kappa shape index (κ2) is 8.58. The minimum Gasteiger partial charge on any atom is -0.455 e. The van der Waals surface area contributed by atoms with Gasteiger partial charge in [-0.2, -0.15) is 0 Å². The number of fused-ring (bicyclic) bond motifs is 1. The molecule has 0 aromatic heterocycles. The molecule has 0 saturated heterocycles. The van der Waals surface area contributed by atoms with Gasteiger partial charge in [-0.1, -0.05) is 30.4 Å². The number of allylic oxidation sites excluding steroid dienone is 3. The second-order valence-electron chi connectivity index (χ2n) is 6.74. The average molecular weight is 366 g/mol. The zero-order valence-electron chi connectivity index (χ0n) is 15.2. The minimum atomic E-state index is -0.566. The minimum absolute atomic E-state index is 0.254. The number of hydrogen-bond acceptors (Lipinski definition) is 5. The molecule has 0 N–H and O–H groups in total. The highest BCUT2D eigenvalue weighted by Gasteiger charge is 2.23. The Kier molecular flexibility index (Phi) is 5.96. The summed E-state index contributed by atoms with van der Waals surface area (Å²) >= 11 is 0. The van der Waals surface area contributed by atoms with Crippen LogP contribution in [0.3, 0.4) is 0 Å². The average Bonchev–Trinajstić information content (AvgIpc) is 3.08. The Morgan fingerprint density at radius 2 is 2.19 bits per heavy atom. The summed E-state index contributed by atoms with van der Waals surface area (Å²) in [7, 11) is 0. The zero-order chi connectivity index (χ0) is 19.2. The molecule has 0 amide bonds. The molecular weight excluding hydrogens is 344 g/mol. The van der Waals surface area contributed by atoms with Crippen LogP contribution < -0.4 is 0 Å². The number of hydrogen-bond donors (Lipinski definition) is 0. The largest absolute Gasteiger partial charge is 0.455 e. The number of esters is 1. The summed E-state index contributed by atoms with van der Waals surface area (Å²) in [6.07, 6.45) is 10.5. The molecule has 1 aliphatic carbocycles. The number of nitrogens with zero attached hydrogens (tertiary/aromatic N) is 2. The van der Waals surface area contributed by atoms with E-state index in [2.05, 4.69) is 11.1 Å². The van der Waals surface area contributed by atoms with E-state index in [9.17, 15) is 14.9 Å². The Morgan fingerprint density at radius 1 is 1.37 bits per heavy atom. The molecule has 1 aromatic carbocycles. The van der Waals surface area contributed by atoms with Gasteiger partial charge in [-0.25, -0.2) is 4.79 Å². The van der Waals surface area contributed by atoms with Crippen molar-refractivity contribution in [3.63, 3.8) is 0 Å². The van der Waals surface area contributed by atoms with Crippen molar-refractivity contribution in [3.8, 4) is 0 Å². The standard InChI is InChI=1S/C21H22N2O4/c1-15(9-11-18-14-17-6-2-3-8-20(17)22-18)27-21(24)12-10-16-5-4-7-19(13-16)23(25)26/h2-3,5-6,8-12,15,19H,4,7,13-14H2,1H3/b11-9-,12-10+/t15-,19?/m1/s1. The molecule has 2 aliphatic rings. The summed E-state index contributed by atoms with van der Waals surface area (Å²) in [6.45, 7) is 1.79. The quantitative estimate of drug-likeness (QED) is 0.328. The third kappa shape index (κ3) is 5.23. The zero-order valence-corrected chi connectivity index (χ0v) is 15.2. The smallest absolute Gasteiger partial charge is 0.331 e. The number of carbonyl (C=O) groups is 1. The maximum atomic E-state index is 12.0. The van der Waals surface area contributed by atoms with Gasteiger partial charge in [0.15, 0.2) is 0 Å². The lowest BCUT2D eigenvalue weighted by molar-refractivity contribution is -0.523. The van der Waals surface area contributed by atoms with Gasteiger partial charge in [-0.05, 0) is 42.7 Å². The molecule has 3 rings (SSSR count). The van der Waals surface area contributed by atoms with Gasteiger partial charge >= 0.3 is 5.97 Å². The molecule has 140 valence electrons. The van der Waals surface area contributed by atoms with Crippen LogP contribution in [0.1, 0.15) is 31.7 Å². The van der Waals surface area contributed by atoms with Crippen molar-refractivity contribution < 1.29 is 14.5 Å². The van der Waals surface area contributed by atoms with Crippen LogP contribution in [-0.4, -0.2) is 28.8 Å². The Morgan fingerprint density at radius 3 is 2.96 bits per heavy atom. The number of aliphatic imine (C=N–C) groups is 1. The Labute approximate surface area is 158 Å². The van der Waals surface area contributed by atoms with Crippen LogP contribution in [0.15, 0.2) is 65.2 Å². The van der Waals surface area contributed by atoms with Crippen LogP contribution >= 0.6 is 0 Å². The van der Waals surface area contributed by atoms with E-state index in [1.54, 1.807) is 19.1 Å². The molecule has 0 bridgehead atoms. The summed E-state index contributed by atoms with van der Waals surface area (Å²) in [6, 6.07) is 7.42. The lowest BCUT2D eigenvalue weighted by atomic mass is 9.95. The Balaban J connectivity index is 1.48. The van der Waals surface area contributed by atoms with E-state index in [0.717, 1.165) is 23.4 Å². The maximum absolute atomic E-state index is 12.0. The van der Waals surface area contributed by atoms with Crippen LogP contribution in [0.2, 0.25) is 0 Å². The lowest BCUT2D eigenvalue weighted by Gasteiger charge is -2.14. The molecular formula is C21H22N2O4. The van der Waals surface area contributed by atoms with Crippen molar-refractivity contribution in [1.29, 1.82) is 0 Å². The summed E-state index contributed by atoms with van der Waals surface area (Å²) in [5, 5.41) is 10.9. The van der Waals surface area contributed by atoms with E-state index in [-0.39, 0.29) is 11.0 Å². The van der Waals surface area contributed by atoms with Gasteiger partial charge in [-0.3, -0.25) is 15.1 Å². The van der Waals surface area contributed by atoms with Gasteiger partial charge in [0.05, 0.1) is 5.69 Å². The molecule has 6 nitrogen and oxygen atoms in total. The lowest BCUT2D eigenvalue weighted by Crippen LogP contribution is -2.22. The number of rotatable bonds is 6. The van der Waals surface area contributed by atoms with Crippen LogP contribution in [0, 0.1) is 10.1 Å². The van der Waals surface area contributed by atoms with Crippen LogP contribution in [0.5, 0.6) is 0 Å². The third-order valence-electron chi connectivity index (χ3n) is 4.60. The molecule has 1 heterocycles. The highest BCUT2D eigenvalue weighted by Crippen LogP contribution is 2.26. The third-order valence-corrected chi connectivity index (χ3v) is 4.60. The summed E-state index contributed by atoms with van der Waals surface area (Å²) in [5.74, 6) is -0.465. The van der Waals surface area contributed by atoms with Gasteiger partial charge < -0.3 is 4.74 Å². The number of carbonyl (C=O) groups excluding carboxylic acids is 1. The molecule has 0 saturated carbocycles. The van der Waals surface area contributed by atoms with E-state index in [4.69, 9.17) is 4.74 Å². The molecule has 1 unspecified atom stereocenters. The molecule has 0 fully saturated rings. The summed E-state index contributed by atoms with van der Waals surface area (Å²) in [5.41, 5.74) is 3.92. The van der Waals surface area contributed by atoms with Crippen LogP contribution in [-0.2, 0) is 16.0 Å². The van der Waals surface area contributed by atoms with Crippen molar-refractivity contribution in [2.24, 2.45) is 4.99 Å². The molecule has 2 atom stereocenters. The topological polar surface area (TPSA) is 81.8 Å². The van der Waals surface area contributed by atoms with Gasteiger partial charge in [-0.15, -0.1) is 0 Å². The van der Waals surface area contributed by atoms with Crippen molar-refractivity contribution >= 4 is 17.4 Å². The maximum Gasteiger partial charge on any atom is 0.331 e. The molecule has 1 aliphatic heterocycles. The molecule has 0 radical (unpaired) electrons. The van der Waals surface area contributed by atoms with E-state index in [1.807, 2.05) is 30.4 Å². The summed E-state index contributed by atoms with van der Waals surface area (Å²) in [4.78, 5) is 27.1. The number of nitro groups is 1. The van der Waals surface area contributed by atoms with E-state index < -0.39 is 12.0 Å². The highest BCUT2D eigenvalue weighted by molar-refractivity contribution is 6.02. The van der Waals surface area contributed by atoms with Crippen LogP contribution in [0.4, 0.5) is 5.69 Å². The Bertz CT molecular complexity index is 851. The van der Waals surface area contributed by atoms with Gasteiger partial charge in [0.25, 0.3) is 0 Å². The van der Waals surface area contributed by atoms with Crippen LogP contribution in [0.25, 0.3) is 0 Å². The fraction of sp³-hybridized carbons (Fsp3) is 0.333. The highest BCUT2D eigenvalue weighted by atomic mass is 16.6. The predicted octanol–water partition coefficient (Wildman–Crippen LogP) is 4.11. The second-order valence-corrected chi connectivity index (χ2v) is 6.74. The van der Waals surface area contributed by atoms with Crippen molar-refractivity contribution in [3.05, 3.63) is 75.9 Å². The summed E-state index contributed by atoms with van der Waals surface area (Å²) < 4.78 is 5.32. The van der Waals surface area contributed by atoms with Gasteiger partial charge in [0.2, 0.25) is 6.04 Å². The molecule has 6 heteroatoms. The van der Waals surface area contributed by atoms with E-state index in [0.29, 0.717) is 19.3 Å². The number of benzene rings is 1. The number of para-hydroxylation sites is 1. The van der Waals surface area contributed by atoms with Gasteiger partial charge in [0.1, 0.15) is 6.10 Å². The number of ether oxygens (including phenoxy) is 1. The first-order chi connectivity index (χ1) is 13.0. The molecule has 0 spiro atoms. The first kappa shape index (κ1) is 18.8. The van der Waals surface area contributed by atoms with Gasteiger partial charge in [0, 0.05) is 36.0 Å². The SMILES string of the molecule is C[C@H](/C=C\C1=Nc2ccccc2C1)OC(=O)/C=C/C1=CCCC([N+](=O)[O-])C1. The predicted molar refractivity (Wildman–Crippen MR) is 104 cm³/mol. The monoisotopic (exact) mass is 366 g/mol. The Hall–Kier alpha value is -3.02. The fourth-order valence-corrected chi connectivity index (χ4v) is 3.17. The molecule has 1 aromatic rings.